The maximum absolute atomic E-state index is 5.47. The topological polar surface area (TPSA) is 24.5 Å². The molecule has 1 saturated carbocycles. The van der Waals surface area contributed by atoms with Gasteiger partial charge in [-0.05, 0) is 45.8 Å². The molecule has 0 saturated heterocycles. The zero-order valence-corrected chi connectivity index (χ0v) is 12.5. The fraction of sp³-hybridized carbons (Fsp3) is 0.625. The summed E-state index contributed by atoms with van der Waals surface area (Å²) in [6.45, 7) is 3.35. The Balaban J connectivity index is 2.06. The van der Waals surface area contributed by atoms with E-state index < -0.39 is 0 Å². The van der Waals surface area contributed by atoms with Gasteiger partial charge in [-0.15, -0.1) is 0 Å². The van der Waals surface area contributed by atoms with E-state index in [4.69, 9.17) is 4.74 Å². The van der Waals surface area contributed by atoms with Gasteiger partial charge in [0.1, 0.15) is 5.75 Å². The molecule has 1 aromatic carbocycles. The predicted molar refractivity (Wildman–Crippen MR) is 79.6 cm³/mol. The molecule has 2 rings (SSSR count). The summed E-state index contributed by atoms with van der Waals surface area (Å²) in [7, 11) is 5.98. The Kier molecular flexibility index (Phi) is 4.83. The van der Waals surface area contributed by atoms with Gasteiger partial charge in [-0.2, -0.15) is 0 Å². The quantitative estimate of drug-likeness (QED) is 0.817. The molecule has 0 heterocycles. The number of ether oxygens (including phenoxy) is 1. The van der Waals surface area contributed by atoms with Crippen molar-refractivity contribution >= 4 is 0 Å². The number of para-hydroxylation sites is 1. The van der Waals surface area contributed by atoms with Crippen LogP contribution in [0.25, 0.3) is 0 Å². The van der Waals surface area contributed by atoms with E-state index >= 15 is 0 Å². The SMILES string of the molecule is CNC(CN(C)C(C)C1CC1)c1ccccc1OC. The van der Waals surface area contributed by atoms with Gasteiger partial charge in [-0.3, -0.25) is 0 Å². The van der Waals surface area contributed by atoms with Crippen molar-refractivity contribution in [1.82, 2.24) is 10.2 Å². The molecule has 0 spiro atoms. The molecule has 0 bridgehead atoms. The van der Waals surface area contributed by atoms with E-state index in [9.17, 15) is 0 Å². The third-order valence-electron chi connectivity index (χ3n) is 4.33. The molecule has 1 aromatic rings. The van der Waals surface area contributed by atoms with Gasteiger partial charge in [0.05, 0.1) is 7.11 Å². The fourth-order valence-electron chi connectivity index (χ4n) is 2.69. The molecule has 1 N–H and O–H groups in total. The van der Waals surface area contributed by atoms with Crippen LogP contribution < -0.4 is 10.1 Å². The highest BCUT2D eigenvalue weighted by molar-refractivity contribution is 5.36. The summed E-state index contributed by atoms with van der Waals surface area (Å²) in [5.74, 6) is 1.87. The maximum Gasteiger partial charge on any atom is 0.123 e. The number of rotatable bonds is 7. The first-order chi connectivity index (χ1) is 9.17. The molecule has 3 heteroatoms. The Bertz CT molecular complexity index is 403. The van der Waals surface area contributed by atoms with Crippen molar-refractivity contribution in [3.8, 4) is 5.75 Å². The van der Waals surface area contributed by atoms with Gasteiger partial charge >= 0.3 is 0 Å². The standard InChI is InChI=1S/C16H26N2O/c1-12(13-9-10-13)18(3)11-15(17-2)14-7-5-6-8-16(14)19-4/h5-8,12-13,15,17H,9-11H2,1-4H3. The number of methoxy groups -OCH3 is 1. The molecule has 0 radical (unpaired) electrons. The molecular weight excluding hydrogens is 236 g/mol. The number of benzene rings is 1. The zero-order chi connectivity index (χ0) is 13.8. The lowest BCUT2D eigenvalue weighted by atomic mass is 10.0. The minimum Gasteiger partial charge on any atom is -0.496 e. The van der Waals surface area contributed by atoms with Crippen LogP contribution in [0.5, 0.6) is 5.75 Å². The third-order valence-corrected chi connectivity index (χ3v) is 4.33. The number of hydrogen-bond acceptors (Lipinski definition) is 3. The zero-order valence-electron chi connectivity index (χ0n) is 12.5. The molecule has 1 fully saturated rings. The van der Waals surface area contributed by atoms with Gasteiger partial charge < -0.3 is 15.0 Å². The van der Waals surface area contributed by atoms with Crippen molar-refractivity contribution < 1.29 is 4.74 Å². The minimum absolute atomic E-state index is 0.308. The highest BCUT2D eigenvalue weighted by atomic mass is 16.5. The first-order valence-corrected chi connectivity index (χ1v) is 7.17. The average Bonchev–Trinajstić information content (AvgIpc) is 3.28. The van der Waals surface area contributed by atoms with Crippen LogP contribution in [0.2, 0.25) is 0 Å². The van der Waals surface area contributed by atoms with Crippen LogP contribution in [-0.2, 0) is 0 Å². The fourth-order valence-corrected chi connectivity index (χ4v) is 2.69. The molecule has 106 valence electrons. The number of hydrogen-bond donors (Lipinski definition) is 1. The Morgan fingerprint density at radius 1 is 1.37 bits per heavy atom. The van der Waals surface area contributed by atoms with Gasteiger partial charge in [0.15, 0.2) is 0 Å². The molecule has 19 heavy (non-hydrogen) atoms. The lowest BCUT2D eigenvalue weighted by molar-refractivity contribution is 0.211. The second-order valence-corrected chi connectivity index (χ2v) is 5.60. The van der Waals surface area contributed by atoms with Gasteiger partial charge in [0, 0.05) is 24.2 Å². The van der Waals surface area contributed by atoms with E-state index in [0.717, 1.165) is 18.2 Å². The van der Waals surface area contributed by atoms with E-state index in [2.05, 4.69) is 36.3 Å². The van der Waals surface area contributed by atoms with Gasteiger partial charge in [0.2, 0.25) is 0 Å². The van der Waals surface area contributed by atoms with Crippen molar-refractivity contribution in [2.24, 2.45) is 5.92 Å². The first kappa shape index (κ1) is 14.4. The van der Waals surface area contributed by atoms with Crippen molar-refractivity contribution in [3.63, 3.8) is 0 Å². The first-order valence-electron chi connectivity index (χ1n) is 7.17. The largest absolute Gasteiger partial charge is 0.496 e. The van der Waals surface area contributed by atoms with Crippen molar-refractivity contribution in [3.05, 3.63) is 29.8 Å². The van der Waals surface area contributed by atoms with E-state index in [1.54, 1.807) is 7.11 Å². The van der Waals surface area contributed by atoms with Gasteiger partial charge in [-0.25, -0.2) is 0 Å². The van der Waals surface area contributed by atoms with Gasteiger partial charge in [-0.1, -0.05) is 18.2 Å². The Labute approximate surface area is 116 Å². The highest BCUT2D eigenvalue weighted by Gasteiger charge is 2.31. The highest BCUT2D eigenvalue weighted by Crippen LogP contribution is 2.35. The third kappa shape index (κ3) is 3.48. The summed E-state index contributed by atoms with van der Waals surface area (Å²) in [6, 6.07) is 9.26. The lowest BCUT2D eigenvalue weighted by Crippen LogP contribution is -2.37. The van der Waals surface area contributed by atoms with E-state index in [0.29, 0.717) is 12.1 Å². The van der Waals surface area contributed by atoms with Crippen LogP contribution in [-0.4, -0.2) is 38.7 Å². The molecule has 0 amide bonds. The minimum atomic E-state index is 0.308. The summed E-state index contributed by atoms with van der Waals surface area (Å²) in [5.41, 5.74) is 1.24. The molecular formula is C16H26N2O. The van der Waals surface area contributed by atoms with E-state index in [-0.39, 0.29) is 0 Å². The summed E-state index contributed by atoms with van der Waals surface area (Å²) < 4.78 is 5.47. The smallest absolute Gasteiger partial charge is 0.123 e. The summed E-state index contributed by atoms with van der Waals surface area (Å²) >= 11 is 0. The number of likely N-dealkylation sites (N-methyl/N-ethyl adjacent to an activating group) is 2. The molecule has 2 atom stereocenters. The summed E-state index contributed by atoms with van der Waals surface area (Å²) in [4.78, 5) is 2.46. The van der Waals surface area contributed by atoms with Crippen LogP contribution in [0, 0.1) is 5.92 Å². The van der Waals surface area contributed by atoms with Gasteiger partial charge in [0.25, 0.3) is 0 Å². The Hall–Kier alpha value is -1.06. The van der Waals surface area contributed by atoms with Crippen LogP contribution in [0.4, 0.5) is 0 Å². The monoisotopic (exact) mass is 262 g/mol. The van der Waals surface area contributed by atoms with Crippen molar-refractivity contribution in [2.45, 2.75) is 31.8 Å². The van der Waals surface area contributed by atoms with Crippen molar-refractivity contribution in [1.29, 1.82) is 0 Å². The number of nitrogens with one attached hydrogen (secondary N) is 1. The second kappa shape index (κ2) is 6.40. The van der Waals surface area contributed by atoms with Crippen molar-refractivity contribution in [2.75, 3.05) is 27.7 Å². The molecule has 1 aliphatic carbocycles. The van der Waals surface area contributed by atoms with Crippen LogP contribution in [0.1, 0.15) is 31.4 Å². The predicted octanol–water partition coefficient (Wildman–Crippen LogP) is 2.69. The molecule has 2 unspecified atom stereocenters. The summed E-state index contributed by atoms with van der Waals surface area (Å²) in [6.07, 6.45) is 2.79. The van der Waals surface area contributed by atoms with E-state index in [1.165, 1.54) is 18.4 Å². The van der Waals surface area contributed by atoms with Crippen LogP contribution in [0.15, 0.2) is 24.3 Å². The second-order valence-electron chi connectivity index (χ2n) is 5.60. The average molecular weight is 262 g/mol. The van der Waals surface area contributed by atoms with Crippen LogP contribution in [0.3, 0.4) is 0 Å². The lowest BCUT2D eigenvalue weighted by Gasteiger charge is -2.30. The normalized spacial score (nSPS) is 18.4. The molecule has 0 aliphatic heterocycles. The molecule has 1 aliphatic rings. The Morgan fingerprint density at radius 2 is 2.05 bits per heavy atom. The van der Waals surface area contributed by atoms with Crippen LogP contribution >= 0.6 is 0 Å². The molecule has 0 aromatic heterocycles. The Morgan fingerprint density at radius 3 is 2.63 bits per heavy atom. The number of nitrogens with zero attached hydrogens (tertiary/aromatic N) is 1. The molecule has 3 nitrogen and oxygen atoms in total. The maximum atomic E-state index is 5.47. The summed E-state index contributed by atoms with van der Waals surface area (Å²) in [5, 5.41) is 3.42. The van der Waals surface area contributed by atoms with E-state index in [1.807, 2.05) is 19.2 Å².